The van der Waals surface area contributed by atoms with Gasteiger partial charge in [-0.1, -0.05) is 122 Å². The summed E-state index contributed by atoms with van der Waals surface area (Å²) >= 11 is 4.85. The molecule has 0 bridgehead atoms. The first-order valence-corrected chi connectivity index (χ1v) is 15.2. The number of carboxylic acids is 2. The fourth-order valence-corrected chi connectivity index (χ4v) is 3.15. The molecule has 2 atom stereocenters. The molecule has 4 N–H and O–H groups in total. The van der Waals surface area contributed by atoms with Crippen molar-refractivity contribution in [1.29, 1.82) is 0 Å². The highest BCUT2D eigenvalue weighted by molar-refractivity contribution is 9.18. The Labute approximate surface area is 302 Å². The molecule has 0 amide bonds. The van der Waals surface area contributed by atoms with Gasteiger partial charge in [0.05, 0.1) is 26.1 Å². The lowest BCUT2D eigenvalue weighted by Gasteiger charge is -2.23. The minimum Gasteiger partial charge on any atom is -0.481 e. The number of aliphatic hydroxyl groups excluding tert-OH is 1. The molecule has 0 spiro atoms. The van der Waals surface area contributed by atoms with E-state index in [0.717, 1.165) is 23.0 Å². The summed E-state index contributed by atoms with van der Waals surface area (Å²) in [6, 6.07) is 28.6. The van der Waals surface area contributed by atoms with Crippen molar-refractivity contribution in [3.63, 3.8) is 0 Å². The zero-order valence-electron chi connectivity index (χ0n) is 24.9. The van der Waals surface area contributed by atoms with Crippen molar-refractivity contribution in [2.75, 3.05) is 6.61 Å². The van der Waals surface area contributed by atoms with Gasteiger partial charge in [-0.25, -0.2) is 9.59 Å². The highest BCUT2D eigenvalue weighted by atomic mass is 79.9. The number of aliphatic hydroxyl groups is 1. The van der Waals surface area contributed by atoms with E-state index in [1.165, 1.54) is 0 Å². The molecule has 0 aliphatic carbocycles. The zero-order chi connectivity index (χ0) is 35.5. The van der Waals surface area contributed by atoms with Gasteiger partial charge in [-0.05, 0) is 16.7 Å². The predicted molar refractivity (Wildman–Crippen MR) is 188 cm³/mol. The van der Waals surface area contributed by atoms with E-state index in [1.807, 2.05) is 91.0 Å². The largest absolute Gasteiger partial charge is 0.481 e. The number of carbonyl (C=O) groups is 6. The van der Waals surface area contributed by atoms with E-state index in [0.29, 0.717) is 6.61 Å². The second-order valence-electron chi connectivity index (χ2n) is 8.74. The molecular weight excluding hydrogens is 776 g/mol. The number of cyclic esters (lactones) is 1. The highest BCUT2D eigenvalue weighted by Crippen LogP contribution is 2.15. The normalized spacial score (nSPS) is 12.2. The van der Waals surface area contributed by atoms with Crippen LogP contribution in [0.2, 0.25) is 0 Å². The van der Waals surface area contributed by atoms with Gasteiger partial charge in [0.1, 0.15) is 24.3 Å². The molecule has 0 radical (unpaired) electrons. The first kappa shape index (κ1) is 49.0. The molecule has 49 heavy (non-hydrogen) atoms. The number of carboxylic acid groups (broad SMARTS) is 3. The van der Waals surface area contributed by atoms with Crippen LogP contribution in [0.3, 0.4) is 0 Å². The number of aldehydes is 1. The summed E-state index contributed by atoms with van der Waals surface area (Å²) in [5, 5.41) is 32.0. The van der Waals surface area contributed by atoms with Crippen molar-refractivity contribution >= 4 is 66.9 Å². The second kappa shape index (κ2) is 30.9. The Hall–Kier alpha value is -4.44. The van der Waals surface area contributed by atoms with E-state index in [4.69, 9.17) is 34.7 Å². The van der Waals surface area contributed by atoms with Gasteiger partial charge in [0.15, 0.2) is 0 Å². The van der Waals surface area contributed by atoms with Crippen LogP contribution in [0.25, 0.3) is 0 Å². The molecule has 15 heteroatoms. The van der Waals surface area contributed by atoms with Crippen molar-refractivity contribution in [3.05, 3.63) is 108 Å². The fraction of sp³-hybridized carbons (Fsp3) is 0.294. The van der Waals surface area contributed by atoms with E-state index < -0.39 is 40.1 Å². The van der Waals surface area contributed by atoms with Crippen LogP contribution in [0.4, 0.5) is 4.79 Å². The molecule has 1 fully saturated rings. The summed E-state index contributed by atoms with van der Waals surface area (Å²) in [5.74, 6) is -3.10. The summed E-state index contributed by atoms with van der Waals surface area (Å²) in [4.78, 5) is 58.2. The molecule has 3 aromatic rings. The van der Waals surface area contributed by atoms with Crippen molar-refractivity contribution in [1.82, 2.24) is 0 Å². The number of hydrogen-bond acceptors (Lipinski definition) is 10. The standard InChI is InChI=1S/C11H10O4.C9H10O2.C7H8O.C4H5BrO4.CHBrO2.2CH4/c12-10-6-9(15-10)11(13)14-7-8-4-2-1-3-5-8;10-6-7-11-8-9-4-2-1-3-5-9;8-6-7-4-2-1-3-5-7;5-2(4(8)9)1-3(6)7;2-1(3)4;;/h1-5,9H,6-7H2;1-6H,7-8H2;1-5,8H,6H2;2H,1H2,(H,6,7)(H,8,9);(H,3,4);2*1H4. The van der Waals surface area contributed by atoms with Crippen LogP contribution in [-0.2, 0) is 58.0 Å². The predicted octanol–water partition coefficient (Wildman–Crippen LogP) is 6.27. The monoisotopic (exact) mass is 816 g/mol. The van der Waals surface area contributed by atoms with E-state index in [9.17, 15) is 24.0 Å². The van der Waals surface area contributed by atoms with E-state index in [1.54, 1.807) is 0 Å². The molecule has 0 saturated carbocycles. The maximum Gasteiger partial charge on any atom is 0.372 e. The third-order valence-electron chi connectivity index (χ3n) is 5.06. The minimum atomic E-state index is -1.16. The zero-order valence-corrected chi connectivity index (χ0v) is 28.0. The molecule has 0 aromatic heterocycles. The molecule has 3 aromatic carbocycles. The smallest absolute Gasteiger partial charge is 0.372 e. The van der Waals surface area contributed by atoms with Crippen LogP contribution in [-0.4, -0.2) is 73.0 Å². The second-order valence-corrected chi connectivity index (χ2v) is 10.5. The third-order valence-corrected chi connectivity index (χ3v) is 5.77. The summed E-state index contributed by atoms with van der Waals surface area (Å²) in [5.41, 5.74) is 2.97. The molecule has 1 aliphatic rings. The Morgan fingerprint density at radius 3 is 1.53 bits per heavy atom. The number of halogens is 2. The number of rotatable bonds is 11. The summed E-state index contributed by atoms with van der Waals surface area (Å²) in [6.07, 6.45) is -0.201. The molecule has 270 valence electrons. The molecule has 1 heterocycles. The van der Waals surface area contributed by atoms with Crippen molar-refractivity contribution in [3.8, 4) is 0 Å². The molecule has 2 unspecified atom stereocenters. The van der Waals surface area contributed by atoms with Crippen molar-refractivity contribution < 1.29 is 63.4 Å². The topological polar surface area (TPSA) is 211 Å². The minimum absolute atomic E-state index is 0. The maximum absolute atomic E-state index is 11.2. The average molecular weight is 819 g/mol. The first-order chi connectivity index (χ1) is 22.4. The molecule has 1 aliphatic heterocycles. The van der Waals surface area contributed by atoms with Crippen LogP contribution in [0, 0.1) is 0 Å². The summed E-state index contributed by atoms with van der Waals surface area (Å²) < 4.78 is 14.5. The lowest BCUT2D eigenvalue weighted by molar-refractivity contribution is -0.186. The number of aliphatic carboxylic acids is 2. The number of carbonyl (C=O) groups excluding carboxylic acids is 3. The van der Waals surface area contributed by atoms with E-state index in [2.05, 4.69) is 36.6 Å². The SMILES string of the molecule is C.C.O=C(O)Br.O=C(O)CC(Br)C(=O)O.O=C1CC(C(=O)OCc2ccccc2)O1.O=CCOCc1ccccc1.OCc1ccccc1. The van der Waals surface area contributed by atoms with Crippen molar-refractivity contribution in [2.45, 2.75) is 58.4 Å². The third kappa shape index (κ3) is 28.3. The van der Waals surface area contributed by atoms with Gasteiger partial charge in [-0.2, -0.15) is 0 Å². The quantitative estimate of drug-likeness (QED) is 0.0554. The van der Waals surface area contributed by atoms with Crippen LogP contribution in [0.5, 0.6) is 0 Å². The van der Waals surface area contributed by atoms with Gasteiger partial charge >= 0.3 is 28.8 Å². The van der Waals surface area contributed by atoms with Gasteiger partial charge in [0.2, 0.25) is 6.10 Å². The lowest BCUT2D eigenvalue weighted by atomic mass is 10.2. The van der Waals surface area contributed by atoms with Crippen molar-refractivity contribution in [2.24, 2.45) is 0 Å². The Bertz CT molecular complexity index is 1330. The molecule has 4 rings (SSSR count). The van der Waals surface area contributed by atoms with Crippen LogP contribution in [0.15, 0.2) is 91.0 Å². The van der Waals surface area contributed by atoms with E-state index in [-0.39, 0.29) is 47.1 Å². The lowest BCUT2D eigenvalue weighted by Crippen LogP contribution is -2.40. The molecular formula is C34H42Br2O13. The summed E-state index contributed by atoms with van der Waals surface area (Å²) in [7, 11) is 0. The highest BCUT2D eigenvalue weighted by Gasteiger charge is 2.36. The van der Waals surface area contributed by atoms with Crippen LogP contribution < -0.4 is 0 Å². The van der Waals surface area contributed by atoms with Gasteiger partial charge < -0.3 is 39.4 Å². The van der Waals surface area contributed by atoms with Gasteiger partial charge in [-0.3, -0.25) is 14.4 Å². The summed E-state index contributed by atoms with van der Waals surface area (Å²) in [6.45, 7) is 1.04. The fourth-order valence-electron chi connectivity index (χ4n) is 2.88. The first-order valence-electron chi connectivity index (χ1n) is 13.5. The number of ether oxygens (including phenoxy) is 3. The number of alkyl halides is 1. The van der Waals surface area contributed by atoms with Gasteiger partial charge in [0.25, 0.3) is 0 Å². The number of hydrogen-bond donors (Lipinski definition) is 4. The van der Waals surface area contributed by atoms with Crippen LogP contribution in [0.1, 0.15) is 44.4 Å². The van der Waals surface area contributed by atoms with Gasteiger partial charge in [0, 0.05) is 15.9 Å². The Morgan fingerprint density at radius 1 is 0.816 bits per heavy atom. The number of esters is 2. The Morgan fingerprint density at radius 2 is 1.22 bits per heavy atom. The Balaban J connectivity index is -0.000000562. The average Bonchev–Trinajstić information content (AvgIpc) is 3.04. The molecule has 1 saturated heterocycles. The van der Waals surface area contributed by atoms with Gasteiger partial charge in [-0.15, -0.1) is 0 Å². The Kier molecular flexibility index (Phi) is 30.8. The maximum atomic E-state index is 11.2. The number of benzene rings is 3. The molecule has 13 nitrogen and oxygen atoms in total. The van der Waals surface area contributed by atoms with Crippen LogP contribution >= 0.6 is 31.9 Å². The van der Waals surface area contributed by atoms with E-state index >= 15 is 0 Å².